The third-order valence-corrected chi connectivity index (χ3v) is 3.99. The quantitative estimate of drug-likeness (QED) is 0.470. The van der Waals surface area contributed by atoms with E-state index in [0.29, 0.717) is 11.3 Å². The van der Waals surface area contributed by atoms with Gasteiger partial charge in [-0.15, -0.1) is 0 Å². The number of esters is 2. The number of methoxy groups -OCH3 is 1. The molecule has 144 valence electrons. The maximum atomic E-state index is 13.8. The van der Waals surface area contributed by atoms with Crippen LogP contribution in [0.1, 0.15) is 34.6 Å². The predicted molar refractivity (Wildman–Crippen MR) is 102 cm³/mol. The van der Waals surface area contributed by atoms with Gasteiger partial charge in [-0.1, -0.05) is 12.1 Å². The predicted octanol–water partition coefficient (Wildman–Crippen LogP) is 4.77. The van der Waals surface area contributed by atoms with Crippen LogP contribution in [-0.4, -0.2) is 25.2 Å². The number of ether oxygens (including phenoxy) is 3. The Morgan fingerprint density at radius 1 is 0.857 bits per heavy atom. The molecular weight excluding hydrogens is 363 g/mol. The minimum atomic E-state index is -0.682. The summed E-state index contributed by atoms with van der Waals surface area (Å²) in [5.74, 6) is -1.36. The summed E-state index contributed by atoms with van der Waals surface area (Å²) in [5, 5.41) is 1.58. The minimum absolute atomic E-state index is 0.0500. The molecule has 3 aromatic rings. The summed E-state index contributed by atoms with van der Waals surface area (Å²) in [6.07, 6.45) is -0.201. The minimum Gasteiger partial charge on any atom is -0.494 e. The monoisotopic (exact) mass is 382 g/mol. The molecule has 0 amide bonds. The summed E-state index contributed by atoms with van der Waals surface area (Å²) in [6.45, 7) is 3.57. The first-order valence-electron chi connectivity index (χ1n) is 8.68. The number of benzene rings is 3. The number of halogens is 1. The molecule has 3 rings (SSSR count). The molecule has 0 heterocycles. The Kier molecular flexibility index (Phi) is 5.59. The molecule has 0 aliphatic heterocycles. The van der Waals surface area contributed by atoms with Gasteiger partial charge >= 0.3 is 11.9 Å². The summed E-state index contributed by atoms with van der Waals surface area (Å²) in [5.41, 5.74) is 0.518. The van der Waals surface area contributed by atoms with Crippen molar-refractivity contribution in [2.45, 2.75) is 20.0 Å². The van der Waals surface area contributed by atoms with Gasteiger partial charge in [0.25, 0.3) is 0 Å². The van der Waals surface area contributed by atoms with E-state index >= 15 is 0 Å². The summed E-state index contributed by atoms with van der Waals surface area (Å²) in [4.78, 5) is 24.3. The molecule has 6 heteroatoms. The first-order chi connectivity index (χ1) is 13.4. The van der Waals surface area contributed by atoms with Crippen molar-refractivity contribution in [2.75, 3.05) is 7.11 Å². The van der Waals surface area contributed by atoms with Crippen LogP contribution in [0.4, 0.5) is 4.39 Å². The van der Waals surface area contributed by atoms with Crippen molar-refractivity contribution >= 4 is 22.7 Å². The van der Waals surface area contributed by atoms with Crippen molar-refractivity contribution in [1.82, 2.24) is 0 Å². The third kappa shape index (κ3) is 4.28. The summed E-state index contributed by atoms with van der Waals surface area (Å²) in [6, 6.07) is 14.0. The van der Waals surface area contributed by atoms with E-state index in [2.05, 4.69) is 0 Å². The zero-order valence-corrected chi connectivity index (χ0v) is 15.7. The molecular formula is C22H19FO5. The summed E-state index contributed by atoms with van der Waals surface area (Å²) in [7, 11) is 1.35. The molecule has 28 heavy (non-hydrogen) atoms. The van der Waals surface area contributed by atoms with Gasteiger partial charge in [-0.05, 0) is 67.1 Å². The van der Waals surface area contributed by atoms with Gasteiger partial charge in [0.1, 0.15) is 5.75 Å². The highest BCUT2D eigenvalue weighted by atomic mass is 19.1. The van der Waals surface area contributed by atoms with E-state index in [1.165, 1.54) is 19.2 Å². The van der Waals surface area contributed by atoms with Gasteiger partial charge in [-0.25, -0.2) is 14.0 Å². The number of rotatable bonds is 5. The van der Waals surface area contributed by atoms with E-state index in [9.17, 15) is 14.0 Å². The number of hydrogen-bond donors (Lipinski definition) is 0. The molecule has 0 aliphatic rings. The van der Waals surface area contributed by atoms with Gasteiger partial charge in [0.15, 0.2) is 11.6 Å². The van der Waals surface area contributed by atoms with E-state index < -0.39 is 17.8 Å². The molecule has 0 saturated carbocycles. The summed E-state index contributed by atoms with van der Waals surface area (Å²) >= 11 is 0. The summed E-state index contributed by atoms with van der Waals surface area (Å²) < 4.78 is 29.1. The van der Waals surface area contributed by atoms with Crippen molar-refractivity contribution in [1.29, 1.82) is 0 Å². The molecule has 0 atom stereocenters. The number of fused-ring (bicyclic) bond motifs is 1. The first kappa shape index (κ1) is 19.4. The van der Waals surface area contributed by atoms with Crippen molar-refractivity contribution in [3.8, 4) is 11.5 Å². The molecule has 5 nitrogen and oxygen atoms in total. The van der Waals surface area contributed by atoms with Gasteiger partial charge in [-0.3, -0.25) is 0 Å². The Morgan fingerprint density at radius 2 is 1.50 bits per heavy atom. The molecule has 0 aliphatic carbocycles. The smallest absolute Gasteiger partial charge is 0.343 e. The molecule has 0 spiro atoms. The fourth-order valence-electron chi connectivity index (χ4n) is 2.66. The first-order valence-corrected chi connectivity index (χ1v) is 8.68. The Hall–Kier alpha value is -3.41. The van der Waals surface area contributed by atoms with Gasteiger partial charge in [0.05, 0.1) is 24.3 Å². The van der Waals surface area contributed by atoms with Crippen LogP contribution in [0.2, 0.25) is 0 Å². The highest BCUT2D eigenvalue weighted by Crippen LogP contribution is 2.24. The van der Waals surface area contributed by atoms with Gasteiger partial charge < -0.3 is 14.2 Å². The maximum absolute atomic E-state index is 13.8. The number of hydrogen-bond acceptors (Lipinski definition) is 5. The van der Waals surface area contributed by atoms with Crippen LogP contribution in [0.25, 0.3) is 10.8 Å². The molecule has 3 aromatic carbocycles. The lowest BCUT2D eigenvalue weighted by Crippen LogP contribution is -2.11. The van der Waals surface area contributed by atoms with E-state index in [4.69, 9.17) is 14.2 Å². The lowest BCUT2D eigenvalue weighted by molar-refractivity contribution is 0.0378. The normalized spacial score (nSPS) is 10.8. The average Bonchev–Trinajstić information content (AvgIpc) is 2.66. The van der Waals surface area contributed by atoms with Gasteiger partial charge in [0, 0.05) is 0 Å². The topological polar surface area (TPSA) is 61.8 Å². The standard InChI is InChI=1S/C22H19FO5/c1-13(2)27-21(24)16-5-4-15-11-18(8-6-14(15)10-16)28-22(25)17-7-9-20(26-3)19(23)12-17/h4-13H,1-3H3. The van der Waals surface area contributed by atoms with Crippen LogP contribution in [0, 0.1) is 5.82 Å². The van der Waals surface area contributed by atoms with Crippen molar-refractivity contribution in [3.05, 3.63) is 71.5 Å². The van der Waals surface area contributed by atoms with Crippen molar-refractivity contribution in [2.24, 2.45) is 0 Å². The van der Waals surface area contributed by atoms with Crippen molar-refractivity contribution in [3.63, 3.8) is 0 Å². The van der Waals surface area contributed by atoms with Crippen LogP contribution < -0.4 is 9.47 Å². The number of carbonyl (C=O) groups is 2. The fourth-order valence-corrected chi connectivity index (χ4v) is 2.66. The second-order valence-electron chi connectivity index (χ2n) is 6.42. The highest BCUT2D eigenvalue weighted by molar-refractivity contribution is 5.96. The van der Waals surface area contributed by atoms with Crippen molar-refractivity contribution < 1.29 is 28.2 Å². The fraction of sp³-hybridized carbons (Fsp3) is 0.182. The molecule has 0 fully saturated rings. The molecule has 0 N–H and O–H groups in total. The lowest BCUT2D eigenvalue weighted by Gasteiger charge is -2.09. The van der Waals surface area contributed by atoms with Crippen LogP contribution >= 0.6 is 0 Å². The molecule has 0 saturated heterocycles. The van der Waals surface area contributed by atoms with E-state index in [-0.39, 0.29) is 17.4 Å². The van der Waals surface area contributed by atoms with Crippen LogP contribution in [-0.2, 0) is 4.74 Å². The Labute approximate surface area is 161 Å². The zero-order valence-electron chi connectivity index (χ0n) is 15.7. The third-order valence-electron chi connectivity index (χ3n) is 3.99. The molecule has 0 radical (unpaired) electrons. The van der Waals surface area contributed by atoms with E-state index in [1.807, 2.05) is 0 Å². The maximum Gasteiger partial charge on any atom is 0.343 e. The molecule has 0 aromatic heterocycles. The lowest BCUT2D eigenvalue weighted by atomic mass is 10.1. The van der Waals surface area contributed by atoms with Crippen LogP contribution in [0.3, 0.4) is 0 Å². The molecule has 0 bridgehead atoms. The van der Waals surface area contributed by atoms with Crippen LogP contribution in [0.5, 0.6) is 11.5 Å². The van der Waals surface area contributed by atoms with Gasteiger partial charge in [0.2, 0.25) is 0 Å². The van der Waals surface area contributed by atoms with Gasteiger partial charge in [-0.2, -0.15) is 0 Å². The second-order valence-corrected chi connectivity index (χ2v) is 6.42. The van der Waals surface area contributed by atoms with Crippen LogP contribution in [0.15, 0.2) is 54.6 Å². The SMILES string of the molecule is COc1ccc(C(=O)Oc2ccc3cc(C(=O)OC(C)C)ccc3c2)cc1F. The Bertz CT molecular complexity index is 1040. The van der Waals surface area contributed by atoms with E-state index in [0.717, 1.165) is 16.8 Å². The molecule has 0 unspecified atom stereocenters. The highest BCUT2D eigenvalue weighted by Gasteiger charge is 2.14. The Morgan fingerprint density at radius 3 is 2.18 bits per heavy atom. The Balaban J connectivity index is 1.79. The zero-order chi connectivity index (χ0) is 20.3. The van der Waals surface area contributed by atoms with E-state index in [1.54, 1.807) is 50.2 Å². The average molecular weight is 382 g/mol. The second kappa shape index (κ2) is 8.08. The number of carbonyl (C=O) groups excluding carboxylic acids is 2. The largest absolute Gasteiger partial charge is 0.494 e.